The van der Waals surface area contributed by atoms with Crippen molar-refractivity contribution < 1.29 is 9.21 Å². The van der Waals surface area contributed by atoms with Crippen molar-refractivity contribution in [3.05, 3.63) is 76.9 Å². The molecule has 6 heteroatoms. The van der Waals surface area contributed by atoms with E-state index < -0.39 is 0 Å². The first-order valence-electron chi connectivity index (χ1n) is 9.18. The Morgan fingerprint density at radius 3 is 2.85 bits per heavy atom. The van der Waals surface area contributed by atoms with Crippen molar-refractivity contribution in [3.8, 4) is 0 Å². The van der Waals surface area contributed by atoms with Crippen LogP contribution in [-0.4, -0.2) is 20.4 Å². The van der Waals surface area contributed by atoms with Gasteiger partial charge in [0, 0.05) is 5.70 Å². The maximum atomic E-state index is 13.1. The fourth-order valence-corrected chi connectivity index (χ4v) is 3.42. The van der Waals surface area contributed by atoms with Crippen molar-refractivity contribution in [2.24, 2.45) is 0 Å². The molecule has 1 aliphatic rings. The Kier molecular flexibility index (Phi) is 4.87. The Labute approximate surface area is 156 Å². The van der Waals surface area contributed by atoms with Crippen molar-refractivity contribution in [2.45, 2.75) is 38.8 Å². The number of furan rings is 1. The highest BCUT2D eigenvalue weighted by atomic mass is 16.3. The van der Waals surface area contributed by atoms with E-state index in [1.165, 1.54) is 10.9 Å². The highest BCUT2D eigenvalue weighted by Gasteiger charge is 2.22. The van der Waals surface area contributed by atoms with Crippen LogP contribution in [0.15, 0.2) is 70.0 Å². The van der Waals surface area contributed by atoms with Gasteiger partial charge in [0.25, 0.3) is 5.56 Å². The third-order valence-electron chi connectivity index (χ3n) is 4.85. The van der Waals surface area contributed by atoms with Crippen molar-refractivity contribution in [2.75, 3.05) is 0 Å². The fraction of sp³-hybridized carbons (Fsp3) is 0.286. The molecule has 1 aliphatic carbocycles. The van der Waals surface area contributed by atoms with Crippen molar-refractivity contribution in [1.82, 2.24) is 14.5 Å². The standard InChI is InChI=1S/C21H21N3O3/c25-20(14-23-15-22-19-11-5-4-10-18(19)21(23)26)24(13-17-9-6-12-27-17)16-7-2-1-3-8-16/h4-7,9-12,15H,1-3,8,13-14H2. The predicted molar refractivity (Wildman–Crippen MR) is 102 cm³/mol. The summed E-state index contributed by atoms with van der Waals surface area (Å²) in [5.41, 5.74) is 1.43. The van der Waals surface area contributed by atoms with Crippen LogP contribution in [0.3, 0.4) is 0 Å². The normalized spacial score (nSPS) is 14.1. The first-order chi connectivity index (χ1) is 13.2. The molecule has 0 aliphatic heterocycles. The Morgan fingerprint density at radius 2 is 2.07 bits per heavy atom. The van der Waals surface area contributed by atoms with Crippen LogP contribution < -0.4 is 5.56 Å². The molecule has 3 aromatic rings. The van der Waals surface area contributed by atoms with Crippen molar-refractivity contribution in [1.29, 1.82) is 0 Å². The molecule has 0 saturated heterocycles. The topological polar surface area (TPSA) is 68.3 Å². The number of nitrogens with zero attached hydrogens (tertiary/aromatic N) is 3. The van der Waals surface area contributed by atoms with Crippen LogP contribution in [0.4, 0.5) is 0 Å². The smallest absolute Gasteiger partial charge is 0.261 e. The lowest BCUT2D eigenvalue weighted by molar-refractivity contribution is -0.130. The van der Waals surface area contributed by atoms with Gasteiger partial charge in [-0.2, -0.15) is 0 Å². The second kappa shape index (κ2) is 7.61. The van der Waals surface area contributed by atoms with Crippen LogP contribution in [0.25, 0.3) is 10.9 Å². The summed E-state index contributed by atoms with van der Waals surface area (Å²) in [6, 6.07) is 10.8. The molecule has 0 unspecified atom stereocenters. The van der Waals surface area contributed by atoms with Crippen LogP contribution in [-0.2, 0) is 17.9 Å². The monoisotopic (exact) mass is 363 g/mol. The molecule has 2 heterocycles. The summed E-state index contributed by atoms with van der Waals surface area (Å²) in [4.78, 5) is 31.8. The second-order valence-corrected chi connectivity index (χ2v) is 6.70. The number of carbonyl (C=O) groups excluding carboxylic acids is 1. The minimum Gasteiger partial charge on any atom is -0.467 e. The summed E-state index contributed by atoms with van der Waals surface area (Å²) in [7, 11) is 0. The van der Waals surface area contributed by atoms with Gasteiger partial charge in [0.2, 0.25) is 5.91 Å². The van der Waals surface area contributed by atoms with Crippen LogP contribution >= 0.6 is 0 Å². The number of amides is 1. The Bertz CT molecular complexity index is 1030. The lowest BCUT2D eigenvalue weighted by Gasteiger charge is -2.27. The van der Waals surface area contributed by atoms with Gasteiger partial charge >= 0.3 is 0 Å². The third-order valence-corrected chi connectivity index (χ3v) is 4.85. The molecule has 6 nitrogen and oxygen atoms in total. The minimum atomic E-state index is -0.204. The molecule has 0 atom stereocenters. The number of aromatic nitrogens is 2. The van der Waals surface area contributed by atoms with Gasteiger partial charge in [-0.15, -0.1) is 0 Å². The number of hydrogen-bond donors (Lipinski definition) is 0. The first-order valence-corrected chi connectivity index (χ1v) is 9.18. The average molecular weight is 363 g/mol. The van der Waals surface area contributed by atoms with E-state index >= 15 is 0 Å². The molecule has 0 spiro atoms. The van der Waals surface area contributed by atoms with E-state index in [2.05, 4.69) is 11.1 Å². The van der Waals surface area contributed by atoms with E-state index in [0.29, 0.717) is 17.4 Å². The number of fused-ring (bicyclic) bond motifs is 1. The fourth-order valence-electron chi connectivity index (χ4n) is 3.42. The summed E-state index contributed by atoms with van der Waals surface area (Å²) in [5, 5.41) is 0.516. The highest BCUT2D eigenvalue weighted by Crippen LogP contribution is 2.23. The Morgan fingerprint density at radius 1 is 1.19 bits per heavy atom. The number of benzene rings is 1. The van der Waals surface area contributed by atoms with E-state index in [0.717, 1.165) is 37.1 Å². The van der Waals surface area contributed by atoms with Crippen LogP contribution in [0.5, 0.6) is 0 Å². The SMILES string of the molecule is O=C(Cn1cnc2ccccc2c1=O)N(Cc1ccco1)C1=CCCCC1. The van der Waals surface area contributed by atoms with Gasteiger partial charge in [0.15, 0.2) is 0 Å². The number of para-hydroxylation sites is 1. The van der Waals surface area contributed by atoms with E-state index in [1.54, 1.807) is 29.4 Å². The van der Waals surface area contributed by atoms with E-state index in [-0.39, 0.29) is 18.0 Å². The summed E-state index contributed by atoms with van der Waals surface area (Å²) < 4.78 is 6.81. The minimum absolute atomic E-state index is 0.0469. The first kappa shape index (κ1) is 17.3. The Hall–Kier alpha value is -3.15. The molecule has 138 valence electrons. The average Bonchev–Trinajstić information content (AvgIpc) is 3.22. The maximum absolute atomic E-state index is 13.1. The molecule has 0 radical (unpaired) electrons. The maximum Gasteiger partial charge on any atom is 0.261 e. The molecule has 27 heavy (non-hydrogen) atoms. The van der Waals surface area contributed by atoms with Crippen molar-refractivity contribution in [3.63, 3.8) is 0 Å². The molecule has 0 N–H and O–H groups in total. The van der Waals surface area contributed by atoms with E-state index in [4.69, 9.17) is 4.42 Å². The van der Waals surface area contributed by atoms with Gasteiger partial charge in [-0.05, 0) is 49.9 Å². The quantitative estimate of drug-likeness (QED) is 0.696. The van der Waals surface area contributed by atoms with Crippen LogP contribution in [0, 0.1) is 0 Å². The van der Waals surface area contributed by atoms with Crippen LogP contribution in [0.2, 0.25) is 0 Å². The summed E-state index contributed by atoms with van der Waals surface area (Å²) in [6.07, 6.45) is 9.19. The Balaban J connectivity index is 1.62. The molecular formula is C21H21N3O3. The van der Waals surface area contributed by atoms with Crippen LogP contribution in [0.1, 0.15) is 31.4 Å². The highest BCUT2D eigenvalue weighted by molar-refractivity contribution is 5.80. The molecular weight excluding hydrogens is 342 g/mol. The van der Waals surface area contributed by atoms with Crippen molar-refractivity contribution >= 4 is 16.8 Å². The van der Waals surface area contributed by atoms with Gasteiger partial charge in [-0.25, -0.2) is 4.98 Å². The summed E-state index contributed by atoms with van der Waals surface area (Å²) in [5.74, 6) is 0.581. The van der Waals surface area contributed by atoms with Gasteiger partial charge in [-0.3, -0.25) is 14.2 Å². The molecule has 0 fully saturated rings. The van der Waals surface area contributed by atoms with Gasteiger partial charge in [0.05, 0.1) is 30.0 Å². The summed E-state index contributed by atoms with van der Waals surface area (Å²) >= 11 is 0. The number of carbonyl (C=O) groups is 1. The molecule has 1 amide bonds. The van der Waals surface area contributed by atoms with E-state index in [1.807, 2.05) is 18.2 Å². The summed E-state index contributed by atoms with van der Waals surface area (Å²) in [6.45, 7) is 0.322. The second-order valence-electron chi connectivity index (χ2n) is 6.70. The molecule has 1 aromatic carbocycles. The van der Waals surface area contributed by atoms with Gasteiger partial charge < -0.3 is 9.32 Å². The number of rotatable bonds is 5. The van der Waals surface area contributed by atoms with E-state index in [9.17, 15) is 9.59 Å². The zero-order valence-corrected chi connectivity index (χ0v) is 15.0. The number of allylic oxidation sites excluding steroid dienone is 2. The number of hydrogen-bond acceptors (Lipinski definition) is 4. The molecule has 4 rings (SSSR count). The predicted octanol–water partition coefficient (Wildman–Crippen LogP) is 3.48. The lowest BCUT2D eigenvalue weighted by atomic mass is 10.0. The van der Waals surface area contributed by atoms with Gasteiger partial charge in [-0.1, -0.05) is 18.2 Å². The largest absolute Gasteiger partial charge is 0.467 e. The lowest BCUT2D eigenvalue weighted by Crippen LogP contribution is -2.36. The van der Waals surface area contributed by atoms with Gasteiger partial charge in [0.1, 0.15) is 12.3 Å². The third kappa shape index (κ3) is 3.69. The zero-order chi connectivity index (χ0) is 18.6. The molecule has 0 bridgehead atoms. The zero-order valence-electron chi connectivity index (χ0n) is 15.0. The molecule has 0 saturated carbocycles. The molecule has 2 aromatic heterocycles.